The summed E-state index contributed by atoms with van der Waals surface area (Å²) in [4.78, 5) is 21.2. The van der Waals surface area contributed by atoms with Gasteiger partial charge in [0, 0.05) is 0 Å². The van der Waals surface area contributed by atoms with Crippen LogP contribution < -0.4 is 10.3 Å². The van der Waals surface area contributed by atoms with Crippen LogP contribution in [0.3, 0.4) is 0 Å². The first kappa shape index (κ1) is 11.6. The summed E-state index contributed by atoms with van der Waals surface area (Å²) in [6.45, 7) is 4.20. The lowest BCUT2D eigenvalue weighted by Gasteiger charge is -2.08. The van der Waals surface area contributed by atoms with Crippen molar-refractivity contribution in [3.05, 3.63) is 46.5 Å². The molecule has 5 heteroatoms. The molecular formula is C14H13N3O2. The van der Waals surface area contributed by atoms with Crippen molar-refractivity contribution in [2.24, 2.45) is 0 Å². The highest BCUT2D eigenvalue weighted by Gasteiger charge is 2.09. The molecule has 19 heavy (non-hydrogen) atoms. The molecule has 0 saturated carbocycles. The fourth-order valence-electron chi connectivity index (χ4n) is 2.09. The van der Waals surface area contributed by atoms with Gasteiger partial charge in [0.2, 0.25) is 5.88 Å². The third-order valence-corrected chi connectivity index (χ3v) is 2.94. The van der Waals surface area contributed by atoms with E-state index in [-0.39, 0.29) is 5.56 Å². The van der Waals surface area contributed by atoms with Gasteiger partial charge in [-0.1, -0.05) is 12.1 Å². The van der Waals surface area contributed by atoms with Crippen LogP contribution in [0.15, 0.2) is 35.3 Å². The second-order valence-electron chi connectivity index (χ2n) is 4.23. The third-order valence-electron chi connectivity index (χ3n) is 2.94. The molecule has 5 nitrogen and oxygen atoms in total. The van der Waals surface area contributed by atoms with Gasteiger partial charge in [-0.25, -0.2) is 9.97 Å². The van der Waals surface area contributed by atoms with Gasteiger partial charge in [0.1, 0.15) is 0 Å². The van der Waals surface area contributed by atoms with E-state index in [1.807, 2.05) is 32.0 Å². The Kier molecular flexibility index (Phi) is 2.67. The number of para-hydroxylation sites is 1. The van der Waals surface area contributed by atoms with Crippen LogP contribution in [0.2, 0.25) is 0 Å². The van der Waals surface area contributed by atoms with Crippen molar-refractivity contribution in [3.63, 3.8) is 0 Å². The predicted octanol–water partition coefficient (Wildman–Crippen LogP) is 1.95. The van der Waals surface area contributed by atoms with Crippen LogP contribution in [0.1, 0.15) is 12.6 Å². The normalized spacial score (nSPS) is 11.1. The fourth-order valence-corrected chi connectivity index (χ4v) is 2.09. The van der Waals surface area contributed by atoms with Crippen molar-refractivity contribution in [2.45, 2.75) is 13.8 Å². The highest BCUT2D eigenvalue weighted by Crippen LogP contribution is 2.14. The van der Waals surface area contributed by atoms with E-state index in [9.17, 15) is 4.79 Å². The largest absolute Gasteiger partial charge is 0.477 e. The standard InChI is InChI=1S/C14H13N3O2/c1-3-19-12-8-17-13(9(2)15-12)16-11-7-5-4-6-10(11)14(17)18/h4-8H,3H2,1-2H3. The molecule has 0 saturated heterocycles. The molecule has 3 aromatic rings. The van der Waals surface area contributed by atoms with E-state index in [1.54, 1.807) is 12.3 Å². The van der Waals surface area contributed by atoms with Gasteiger partial charge in [-0.05, 0) is 26.0 Å². The summed E-state index contributed by atoms with van der Waals surface area (Å²) in [7, 11) is 0. The summed E-state index contributed by atoms with van der Waals surface area (Å²) in [6, 6.07) is 7.29. The molecule has 96 valence electrons. The fraction of sp³-hybridized carbons (Fsp3) is 0.214. The zero-order chi connectivity index (χ0) is 13.4. The van der Waals surface area contributed by atoms with Crippen LogP contribution in [0.4, 0.5) is 0 Å². The Bertz CT molecular complexity index is 824. The zero-order valence-corrected chi connectivity index (χ0v) is 10.8. The number of hydrogen-bond acceptors (Lipinski definition) is 4. The third kappa shape index (κ3) is 1.83. The Morgan fingerprint density at radius 1 is 1.26 bits per heavy atom. The number of aryl methyl sites for hydroxylation is 1. The van der Waals surface area contributed by atoms with Crippen LogP contribution >= 0.6 is 0 Å². The summed E-state index contributed by atoms with van der Waals surface area (Å²) in [5, 5.41) is 0.591. The number of benzene rings is 1. The Labute approximate surface area is 109 Å². The topological polar surface area (TPSA) is 56.5 Å². The smallest absolute Gasteiger partial charge is 0.265 e. The molecule has 0 aliphatic heterocycles. The molecule has 0 aliphatic rings. The zero-order valence-electron chi connectivity index (χ0n) is 10.8. The summed E-state index contributed by atoms with van der Waals surface area (Å²) in [5.74, 6) is 0.437. The highest BCUT2D eigenvalue weighted by atomic mass is 16.5. The summed E-state index contributed by atoms with van der Waals surface area (Å²) >= 11 is 0. The molecule has 0 amide bonds. The molecular weight excluding hydrogens is 242 g/mol. The summed E-state index contributed by atoms with van der Waals surface area (Å²) in [6.07, 6.45) is 1.59. The van der Waals surface area contributed by atoms with Crippen LogP contribution in [0, 0.1) is 6.92 Å². The number of fused-ring (bicyclic) bond motifs is 2. The van der Waals surface area contributed by atoms with E-state index in [0.717, 1.165) is 0 Å². The molecule has 0 N–H and O–H groups in total. The van der Waals surface area contributed by atoms with Gasteiger partial charge >= 0.3 is 0 Å². The number of hydrogen-bond donors (Lipinski definition) is 0. The summed E-state index contributed by atoms with van der Waals surface area (Å²) in [5.41, 5.74) is 1.81. The van der Waals surface area contributed by atoms with Gasteiger partial charge in [-0.15, -0.1) is 0 Å². The van der Waals surface area contributed by atoms with Crippen LogP contribution in [-0.4, -0.2) is 21.0 Å². The molecule has 0 aliphatic carbocycles. The Hall–Kier alpha value is -2.43. The van der Waals surface area contributed by atoms with Crippen molar-refractivity contribution in [2.75, 3.05) is 6.61 Å². The lowest BCUT2D eigenvalue weighted by Crippen LogP contribution is -2.17. The van der Waals surface area contributed by atoms with E-state index < -0.39 is 0 Å². The van der Waals surface area contributed by atoms with Gasteiger partial charge in [0.15, 0.2) is 5.65 Å². The molecule has 0 unspecified atom stereocenters. The average Bonchev–Trinajstić information content (AvgIpc) is 2.41. The minimum Gasteiger partial charge on any atom is -0.477 e. The minimum absolute atomic E-state index is 0.105. The first-order valence-electron chi connectivity index (χ1n) is 6.12. The molecule has 0 radical (unpaired) electrons. The van der Waals surface area contributed by atoms with Crippen LogP contribution in [-0.2, 0) is 0 Å². The van der Waals surface area contributed by atoms with Gasteiger partial charge in [-0.2, -0.15) is 0 Å². The van der Waals surface area contributed by atoms with E-state index in [4.69, 9.17) is 4.74 Å². The van der Waals surface area contributed by atoms with E-state index in [1.165, 1.54) is 4.40 Å². The first-order chi connectivity index (χ1) is 9.20. The molecule has 2 aromatic heterocycles. The van der Waals surface area contributed by atoms with E-state index >= 15 is 0 Å². The van der Waals surface area contributed by atoms with Crippen LogP contribution in [0.25, 0.3) is 16.6 Å². The predicted molar refractivity (Wildman–Crippen MR) is 72.7 cm³/mol. The minimum atomic E-state index is -0.105. The maximum absolute atomic E-state index is 12.4. The van der Waals surface area contributed by atoms with Crippen molar-refractivity contribution >= 4 is 16.6 Å². The van der Waals surface area contributed by atoms with Gasteiger partial charge in [0.25, 0.3) is 5.56 Å². The van der Waals surface area contributed by atoms with Gasteiger partial charge < -0.3 is 4.74 Å². The first-order valence-corrected chi connectivity index (χ1v) is 6.12. The second-order valence-corrected chi connectivity index (χ2v) is 4.23. The Morgan fingerprint density at radius 3 is 2.84 bits per heavy atom. The van der Waals surface area contributed by atoms with Crippen molar-refractivity contribution in [1.29, 1.82) is 0 Å². The molecule has 1 aromatic carbocycles. The van der Waals surface area contributed by atoms with Gasteiger partial charge in [-0.3, -0.25) is 9.20 Å². The van der Waals surface area contributed by atoms with Gasteiger partial charge in [0.05, 0.1) is 29.4 Å². The highest BCUT2D eigenvalue weighted by molar-refractivity contribution is 5.79. The number of rotatable bonds is 2. The molecule has 0 atom stereocenters. The lowest BCUT2D eigenvalue weighted by molar-refractivity contribution is 0.324. The molecule has 0 spiro atoms. The van der Waals surface area contributed by atoms with E-state index in [2.05, 4.69) is 9.97 Å². The Morgan fingerprint density at radius 2 is 2.05 bits per heavy atom. The molecule has 3 rings (SSSR count). The number of aromatic nitrogens is 3. The summed E-state index contributed by atoms with van der Waals surface area (Å²) < 4.78 is 6.86. The average molecular weight is 255 g/mol. The maximum atomic E-state index is 12.4. The van der Waals surface area contributed by atoms with Crippen molar-refractivity contribution in [3.8, 4) is 5.88 Å². The molecule has 0 fully saturated rings. The second kappa shape index (κ2) is 4.35. The SMILES string of the molecule is CCOc1cn2c(=O)c3ccccc3nc2c(C)n1. The molecule has 2 heterocycles. The Balaban J connectivity index is 2.44. The number of ether oxygens (including phenoxy) is 1. The lowest BCUT2D eigenvalue weighted by atomic mass is 10.2. The number of nitrogens with zero attached hydrogens (tertiary/aromatic N) is 3. The van der Waals surface area contributed by atoms with Crippen LogP contribution in [0.5, 0.6) is 5.88 Å². The quantitative estimate of drug-likeness (QED) is 0.657. The van der Waals surface area contributed by atoms with Crippen molar-refractivity contribution < 1.29 is 4.74 Å². The maximum Gasteiger partial charge on any atom is 0.265 e. The monoisotopic (exact) mass is 255 g/mol. The molecule has 0 bridgehead atoms. The van der Waals surface area contributed by atoms with E-state index in [0.29, 0.717) is 34.7 Å². The van der Waals surface area contributed by atoms with Crippen molar-refractivity contribution in [1.82, 2.24) is 14.4 Å².